The lowest BCUT2D eigenvalue weighted by Crippen LogP contribution is -2.16. The molecule has 0 aromatic carbocycles. The van der Waals surface area contributed by atoms with Crippen LogP contribution in [0.1, 0.15) is 103 Å². The third kappa shape index (κ3) is 12.7. The van der Waals surface area contributed by atoms with E-state index < -0.39 is 0 Å². The summed E-state index contributed by atoms with van der Waals surface area (Å²) >= 11 is 0. The van der Waals surface area contributed by atoms with E-state index in [9.17, 15) is 0 Å². The second-order valence-corrected chi connectivity index (χ2v) is 6.41. The molecule has 0 radical (unpaired) electrons. The maximum atomic E-state index is 3.60. The lowest BCUT2D eigenvalue weighted by Gasteiger charge is -2.05. The summed E-state index contributed by atoms with van der Waals surface area (Å²) in [5.41, 5.74) is 0. The van der Waals surface area contributed by atoms with Crippen LogP contribution < -0.4 is 5.32 Å². The van der Waals surface area contributed by atoms with Gasteiger partial charge in [0.15, 0.2) is 0 Å². The summed E-state index contributed by atoms with van der Waals surface area (Å²) < 4.78 is 0. The van der Waals surface area contributed by atoms with Crippen LogP contribution in [0.2, 0.25) is 0 Å². The molecular formula is C18H37N. The molecule has 1 aliphatic heterocycles. The standard InChI is InChI=1S/C18H37N/c1-2-4-6-8-10-12-14-16-18-19-17-15-13-11-9-7-5-3-1/h19H,1-18H2. The highest BCUT2D eigenvalue weighted by atomic mass is 14.8. The molecule has 0 amide bonds. The molecule has 1 rings (SSSR count). The molecular weight excluding hydrogens is 230 g/mol. The van der Waals surface area contributed by atoms with Gasteiger partial charge in [0.05, 0.1) is 0 Å². The zero-order valence-electron chi connectivity index (χ0n) is 13.2. The lowest BCUT2D eigenvalue weighted by atomic mass is 10.0. The molecule has 0 bridgehead atoms. The molecule has 0 aliphatic carbocycles. The molecule has 1 heteroatoms. The SMILES string of the molecule is C1CCCCCCCCCNCCCCCCCC1. The predicted octanol–water partition coefficient (Wildman–Crippen LogP) is 5.83. The maximum absolute atomic E-state index is 3.60. The zero-order chi connectivity index (χ0) is 13.4. The molecule has 0 atom stereocenters. The van der Waals surface area contributed by atoms with E-state index in [0.29, 0.717) is 0 Å². The van der Waals surface area contributed by atoms with Gasteiger partial charge in [-0.2, -0.15) is 0 Å². The van der Waals surface area contributed by atoms with E-state index in [2.05, 4.69) is 5.32 Å². The average Bonchev–Trinajstić information content (AvgIpc) is 2.43. The van der Waals surface area contributed by atoms with Crippen LogP contribution in [0.3, 0.4) is 0 Å². The summed E-state index contributed by atoms with van der Waals surface area (Å²) in [6, 6.07) is 0. The third-order valence-corrected chi connectivity index (χ3v) is 4.46. The van der Waals surface area contributed by atoms with Gasteiger partial charge in [-0.25, -0.2) is 0 Å². The van der Waals surface area contributed by atoms with Gasteiger partial charge >= 0.3 is 0 Å². The Balaban J connectivity index is 2.01. The molecule has 0 unspecified atom stereocenters. The van der Waals surface area contributed by atoms with Gasteiger partial charge in [0, 0.05) is 0 Å². The zero-order valence-corrected chi connectivity index (χ0v) is 13.2. The van der Waals surface area contributed by atoms with Crippen molar-refractivity contribution in [3.63, 3.8) is 0 Å². The van der Waals surface area contributed by atoms with Crippen molar-refractivity contribution >= 4 is 0 Å². The normalized spacial score (nSPS) is 24.0. The first-order valence-corrected chi connectivity index (χ1v) is 9.21. The van der Waals surface area contributed by atoms with E-state index in [-0.39, 0.29) is 0 Å². The van der Waals surface area contributed by atoms with Crippen molar-refractivity contribution in [1.82, 2.24) is 5.32 Å². The molecule has 1 saturated heterocycles. The van der Waals surface area contributed by atoms with Crippen molar-refractivity contribution in [3.05, 3.63) is 0 Å². The molecule has 1 heterocycles. The first-order chi connectivity index (χ1) is 9.50. The van der Waals surface area contributed by atoms with E-state index in [1.165, 1.54) is 116 Å². The molecule has 1 nitrogen and oxygen atoms in total. The average molecular weight is 268 g/mol. The molecule has 19 heavy (non-hydrogen) atoms. The molecule has 0 aromatic heterocycles. The van der Waals surface area contributed by atoms with Crippen molar-refractivity contribution < 1.29 is 0 Å². The van der Waals surface area contributed by atoms with Crippen molar-refractivity contribution in [1.29, 1.82) is 0 Å². The minimum absolute atomic E-state index is 1.25. The van der Waals surface area contributed by atoms with Crippen LogP contribution in [0.15, 0.2) is 0 Å². The van der Waals surface area contributed by atoms with Gasteiger partial charge in [-0.3, -0.25) is 0 Å². The Morgan fingerprint density at radius 1 is 0.263 bits per heavy atom. The minimum Gasteiger partial charge on any atom is -0.317 e. The first kappa shape index (κ1) is 17.0. The Bertz CT molecular complexity index is 86.4. The van der Waals surface area contributed by atoms with Crippen molar-refractivity contribution in [2.45, 2.75) is 103 Å². The van der Waals surface area contributed by atoms with E-state index in [1.807, 2.05) is 0 Å². The predicted molar refractivity (Wildman–Crippen MR) is 86.7 cm³/mol. The van der Waals surface area contributed by atoms with Crippen LogP contribution in [-0.2, 0) is 0 Å². The van der Waals surface area contributed by atoms with E-state index in [0.717, 1.165) is 0 Å². The largest absolute Gasteiger partial charge is 0.317 e. The summed E-state index contributed by atoms with van der Waals surface area (Å²) in [6.07, 6.45) is 23.4. The Kier molecular flexibility index (Phi) is 12.9. The third-order valence-electron chi connectivity index (χ3n) is 4.46. The number of hydrogen-bond acceptors (Lipinski definition) is 1. The molecule has 1 N–H and O–H groups in total. The highest BCUT2D eigenvalue weighted by molar-refractivity contribution is 4.53. The van der Waals surface area contributed by atoms with Gasteiger partial charge in [-0.1, -0.05) is 89.9 Å². The Morgan fingerprint density at radius 2 is 0.474 bits per heavy atom. The van der Waals surface area contributed by atoms with Crippen LogP contribution in [-0.4, -0.2) is 13.1 Å². The Morgan fingerprint density at radius 3 is 0.737 bits per heavy atom. The molecule has 1 fully saturated rings. The maximum Gasteiger partial charge on any atom is -0.00489 e. The number of nitrogens with one attached hydrogen (secondary N) is 1. The minimum atomic E-state index is 1.25. The molecule has 114 valence electrons. The van der Waals surface area contributed by atoms with Crippen LogP contribution in [0.4, 0.5) is 0 Å². The fraction of sp³-hybridized carbons (Fsp3) is 1.00. The fourth-order valence-electron chi connectivity index (χ4n) is 3.10. The van der Waals surface area contributed by atoms with Gasteiger partial charge in [0.2, 0.25) is 0 Å². The second-order valence-electron chi connectivity index (χ2n) is 6.41. The van der Waals surface area contributed by atoms with Gasteiger partial charge in [-0.15, -0.1) is 0 Å². The number of hydrogen-bond donors (Lipinski definition) is 1. The Labute approximate surface area is 121 Å². The summed E-state index contributed by atoms with van der Waals surface area (Å²) in [5, 5.41) is 3.60. The van der Waals surface area contributed by atoms with Crippen LogP contribution in [0, 0.1) is 0 Å². The van der Waals surface area contributed by atoms with Gasteiger partial charge in [0.1, 0.15) is 0 Å². The molecule has 1 aliphatic rings. The summed E-state index contributed by atoms with van der Waals surface area (Å²) in [7, 11) is 0. The summed E-state index contributed by atoms with van der Waals surface area (Å²) in [5.74, 6) is 0. The quantitative estimate of drug-likeness (QED) is 0.582. The highest BCUT2D eigenvalue weighted by Crippen LogP contribution is 2.13. The summed E-state index contributed by atoms with van der Waals surface area (Å²) in [4.78, 5) is 0. The molecule has 0 aromatic rings. The molecule has 0 saturated carbocycles. The van der Waals surface area contributed by atoms with Crippen LogP contribution >= 0.6 is 0 Å². The van der Waals surface area contributed by atoms with Gasteiger partial charge < -0.3 is 5.32 Å². The van der Waals surface area contributed by atoms with Crippen LogP contribution in [0.25, 0.3) is 0 Å². The van der Waals surface area contributed by atoms with Gasteiger partial charge in [0.25, 0.3) is 0 Å². The Hall–Kier alpha value is -0.0400. The van der Waals surface area contributed by atoms with Crippen molar-refractivity contribution in [2.75, 3.05) is 13.1 Å². The lowest BCUT2D eigenvalue weighted by molar-refractivity contribution is 0.532. The smallest absolute Gasteiger partial charge is 0.00489 e. The van der Waals surface area contributed by atoms with Crippen molar-refractivity contribution in [3.8, 4) is 0 Å². The first-order valence-electron chi connectivity index (χ1n) is 9.21. The topological polar surface area (TPSA) is 12.0 Å². The number of rotatable bonds is 0. The van der Waals surface area contributed by atoms with E-state index in [4.69, 9.17) is 0 Å². The van der Waals surface area contributed by atoms with Crippen LogP contribution in [0.5, 0.6) is 0 Å². The van der Waals surface area contributed by atoms with Gasteiger partial charge in [-0.05, 0) is 25.9 Å². The van der Waals surface area contributed by atoms with E-state index in [1.54, 1.807) is 0 Å². The molecule has 0 spiro atoms. The highest BCUT2D eigenvalue weighted by Gasteiger charge is 1.96. The fourth-order valence-corrected chi connectivity index (χ4v) is 3.10. The summed E-state index contributed by atoms with van der Waals surface area (Å²) in [6.45, 7) is 2.50. The second kappa shape index (κ2) is 14.4. The van der Waals surface area contributed by atoms with Crippen molar-refractivity contribution in [2.24, 2.45) is 0 Å². The monoisotopic (exact) mass is 267 g/mol. The van der Waals surface area contributed by atoms with E-state index >= 15 is 0 Å².